The number of carbonyl (C=O) groups excluding carboxylic acids is 2. The van der Waals surface area contributed by atoms with E-state index < -0.39 is 0 Å². The zero-order valence-corrected chi connectivity index (χ0v) is 21.3. The number of aryl methyl sites for hydroxylation is 2. The Kier molecular flexibility index (Phi) is 7.98. The van der Waals surface area contributed by atoms with Gasteiger partial charge in [-0.2, -0.15) is 0 Å². The molecule has 1 unspecified atom stereocenters. The molecule has 5 nitrogen and oxygen atoms in total. The molecule has 0 aliphatic rings. The van der Waals surface area contributed by atoms with Gasteiger partial charge in [-0.25, -0.2) is 0 Å². The van der Waals surface area contributed by atoms with Crippen LogP contribution >= 0.6 is 11.3 Å². The third-order valence-electron chi connectivity index (χ3n) is 5.82. The Balaban J connectivity index is 1.66. The third-order valence-corrected chi connectivity index (χ3v) is 6.64. The van der Waals surface area contributed by atoms with Crippen molar-refractivity contribution < 1.29 is 14.3 Å². The summed E-state index contributed by atoms with van der Waals surface area (Å²) in [7, 11) is 1.57. The van der Waals surface area contributed by atoms with Gasteiger partial charge < -0.3 is 15.4 Å². The highest BCUT2D eigenvalue weighted by Gasteiger charge is 2.22. The van der Waals surface area contributed by atoms with Gasteiger partial charge in [0.15, 0.2) is 0 Å². The number of amides is 2. The van der Waals surface area contributed by atoms with Crippen molar-refractivity contribution >= 4 is 29.2 Å². The summed E-state index contributed by atoms with van der Waals surface area (Å²) in [5, 5.41) is 7.90. The highest BCUT2D eigenvalue weighted by molar-refractivity contribution is 7.10. The summed E-state index contributed by atoms with van der Waals surface area (Å²) in [4.78, 5) is 27.6. The van der Waals surface area contributed by atoms with Crippen LogP contribution < -0.4 is 15.4 Å². The molecule has 0 fully saturated rings. The first kappa shape index (κ1) is 24.9. The normalized spacial score (nSPS) is 12.0. The molecule has 4 aromatic rings. The second-order valence-electron chi connectivity index (χ2n) is 8.43. The van der Waals surface area contributed by atoms with Crippen LogP contribution in [0.1, 0.15) is 43.5 Å². The summed E-state index contributed by atoms with van der Waals surface area (Å²) in [5.41, 5.74) is 4.78. The van der Waals surface area contributed by atoms with Gasteiger partial charge >= 0.3 is 0 Å². The lowest BCUT2D eigenvalue weighted by atomic mass is 9.93. The Morgan fingerprint density at radius 3 is 2.31 bits per heavy atom. The Labute approximate surface area is 215 Å². The van der Waals surface area contributed by atoms with Crippen molar-refractivity contribution in [3.8, 4) is 5.75 Å². The summed E-state index contributed by atoms with van der Waals surface area (Å²) in [6.45, 7) is 4.09. The lowest BCUT2D eigenvalue weighted by molar-refractivity contribution is -0.118. The molecule has 0 saturated carbocycles. The van der Waals surface area contributed by atoms with Crippen LogP contribution in [0.5, 0.6) is 5.75 Å². The number of hydrogen-bond donors (Lipinski definition) is 2. The molecule has 1 atom stereocenters. The number of hydrogen-bond acceptors (Lipinski definition) is 4. The summed E-state index contributed by atoms with van der Waals surface area (Å²) >= 11 is 1.49. The van der Waals surface area contributed by atoms with Gasteiger partial charge in [-0.05, 0) is 72.3 Å². The van der Waals surface area contributed by atoms with Gasteiger partial charge in [0.2, 0.25) is 0 Å². The monoisotopic (exact) mass is 496 g/mol. The Morgan fingerprint density at radius 2 is 1.67 bits per heavy atom. The van der Waals surface area contributed by atoms with E-state index in [1.165, 1.54) is 11.3 Å². The maximum absolute atomic E-state index is 13.7. The minimum atomic E-state index is -0.385. The average molecular weight is 497 g/mol. The van der Waals surface area contributed by atoms with Crippen molar-refractivity contribution in [1.29, 1.82) is 0 Å². The standard InChI is InChI=1S/C30H28N2O3S/c1-20-11-16-26(21(2)18-20)28(22-8-5-4-6-9-22)32-30(34)27(19-25-10-7-17-36-25)31-29(33)23-12-14-24(35-3)15-13-23/h4-19,28H,1-3H3,(H,31,33)(H,32,34)/b27-19-. The van der Waals surface area contributed by atoms with E-state index in [1.807, 2.05) is 73.8 Å². The number of thiophene rings is 1. The van der Waals surface area contributed by atoms with Gasteiger partial charge in [0.25, 0.3) is 11.8 Å². The molecule has 0 aliphatic carbocycles. The smallest absolute Gasteiger partial charge is 0.268 e. The number of nitrogens with one attached hydrogen (secondary N) is 2. The van der Waals surface area contributed by atoms with Crippen molar-refractivity contribution in [3.63, 3.8) is 0 Å². The highest BCUT2D eigenvalue weighted by Crippen LogP contribution is 2.26. The molecule has 2 amide bonds. The van der Waals surface area contributed by atoms with E-state index in [9.17, 15) is 9.59 Å². The van der Waals surface area contributed by atoms with Crippen LogP contribution in [-0.2, 0) is 4.79 Å². The first-order valence-corrected chi connectivity index (χ1v) is 12.5. The fourth-order valence-corrected chi connectivity index (χ4v) is 4.61. The summed E-state index contributed by atoms with van der Waals surface area (Å²) in [5.74, 6) is -0.102. The summed E-state index contributed by atoms with van der Waals surface area (Å²) in [6.07, 6.45) is 1.70. The van der Waals surface area contributed by atoms with Crippen LogP contribution in [-0.4, -0.2) is 18.9 Å². The van der Waals surface area contributed by atoms with Crippen molar-refractivity contribution in [2.45, 2.75) is 19.9 Å². The number of carbonyl (C=O) groups is 2. The summed E-state index contributed by atoms with van der Waals surface area (Å²) < 4.78 is 5.18. The molecule has 36 heavy (non-hydrogen) atoms. The molecular weight excluding hydrogens is 468 g/mol. The van der Waals surface area contributed by atoms with Gasteiger partial charge in [0.1, 0.15) is 11.4 Å². The van der Waals surface area contributed by atoms with Crippen LogP contribution in [0.3, 0.4) is 0 Å². The lowest BCUT2D eigenvalue weighted by Crippen LogP contribution is -2.37. The number of methoxy groups -OCH3 is 1. The Bertz CT molecular complexity index is 1360. The molecule has 0 spiro atoms. The van der Waals surface area contributed by atoms with Crippen LogP contribution in [0.4, 0.5) is 0 Å². The van der Waals surface area contributed by atoms with E-state index in [4.69, 9.17) is 4.74 Å². The number of benzene rings is 3. The van der Waals surface area contributed by atoms with Crippen molar-refractivity contribution in [3.05, 3.63) is 129 Å². The van der Waals surface area contributed by atoms with E-state index in [2.05, 4.69) is 16.7 Å². The van der Waals surface area contributed by atoms with Gasteiger partial charge in [0.05, 0.1) is 13.2 Å². The van der Waals surface area contributed by atoms with Gasteiger partial charge in [-0.3, -0.25) is 9.59 Å². The fraction of sp³-hybridized carbons (Fsp3) is 0.133. The van der Waals surface area contributed by atoms with Crippen molar-refractivity contribution in [2.24, 2.45) is 0 Å². The molecule has 0 saturated heterocycles. The predicted octanol–water partition coefficient (Wildman–Crippen LogP) is 6.05. The molecule has 6 heteroatoms. The largest absolute Gasteiger partial charge is 0.497 e. The second-order valence-corrected chi connectivity index (χ2v) is 9.41. The Morgan fingerprint density at radius 1 is 0.917 bits per heavy atom. The molecule has 4 rings (SSSR count). The van der Waals surface area contributed by atoms with E-state index in [0.29, 0.717) is 11.3 Å². The van der Waals surface area contributed by atoms with Crippen LogP contribution in [0, 0.1) is 13.8 Å². The Hall–Kier alpha value is -4.16. The molecule has 0 bridgehead atoms. The molecule has 1 heterocycles. The van der Waals surface area contributed by atoms with E-state index in [-0.39, 0.29) is 23.6 Å². The number of rotatable bonds is 8. The van der Waals surface area contributed by atoms with Crippen molar-refractivity contribution in [2.75, 3.05) is 7.11 Å². The second kappa shape index (κ2) is 11.5. The van der Waals surface area contributed by atoms with Gasteiger partial charge in [-0.1, -0.05) is 60.2 Å². The zero-order chi connectivity index (χ0) is 25.5. The number of ether oxygens (including phenoxy) is 1. The van der Waals surface area contributed by atoms with Crippen LogP contribution in [0.25, 0.3) is 6.08 Å². The average Bonchev–Trinajstić information content (AvgIpc) is 3.41. The first-order valence-electron chi connectivity index (χ1n) is 11.6. The molecule has 2 N–H and O–H groups in total. The maximum Gasteiger partial charge on any atom is 0.268 e. The molecule has 0 radical (unpaired) electrons. The van der Waals surface area contributed by atoms with E-state index >= 15 is 0 Å². The molecule has 182 valence electrons. The van der Waals surface area contributed by atoms with E-state index in [0.717, 1.165) is 27.1 Å². The van der Waals surface area contributed by atoms with Gasteiger partial charge in [0, 0.05) is 10.4 Å². The SMILES string of the molecule is COc1ccc(C(=O)N/C(=C\c2cccs2)C(=O)NC(c2ccccc2)c2ccc(C)cc2C)cc1. The molecular formula is C30H28N2O3S. The van der Waals surface area contributed by atoms with Crippen LogP contribution in [0.15, 0.2) is 96.0 Å². The highest BCUT2D eigenvalue weighted by atomic mass is 32.1. The zero-order valence-electron chi connectivity index (χ0n) is 20.4. The maximum atomic E-state index is 13.7. The molecule has 0 aliphatic heterocycles. The lowest BCUT2D eigenvalue weighted by Gasteiger charge is -2.23. The first-order chi connectivity index (χ1) is 17.4. The third kappa shape index (κ3) is 6.09. The van der Waals surface area contributed by atoms with Crippen LogP contribution in [0.2, 0.25) is 0 Å². The van der Waals surface area contributed by atoms with Crippen molar-refractivity contribution in [1.82, 2.24) is 10.6 Å². The summed E-state index contributed by atoms with van der Waals surface area (Å²) in [6, 6.07) is 26.2. The molecule has 1 aromatic heterocycles. The molecule has 3 aromatic carbocycles. The topological polar surface area (TPSA) is 67.4 Å². The fourth-order valence-electron chi connectivity index (χ4n) is 3.96. The minimum absolute atomic E-state index is 0.170. The quantitative estimate of drug-likeness (QED) is 0.292. The van der Waals surface area contributed by atoms with E-state index in [1.54, 1.807) is 37.5 Å². The minimum Gasteiger partial charge on any atom is -0.497 e. The predicted molar refractivity (Wildman–Crippen MR) is 145 cm³/mol. The van der Waals surface area contributed by atoms with Gasteiger partial charge in [-0.15, -0.1) is 11.3 Å².